The van der Waals surface area contributed by atoms with E-state index in [1.807, 2.05) is 24.3 Å². The molecule has 0 radical (unpaired) electrons. The normalized spacial score (nSPS) is 10.6. The minimum Gasteiger partial charge on any atom is -0.496 e. The number of anilines is 1. The maximum atomic E-state index is 12.5. The van der Waals surface area contributed by atoms with Crippen molar-refractivity contribution in [1.29, 1.82) is 0 Å². The minimum atomic E-state index is -0.399. The highest BCUT2D eigenvalue weighted by Crippen LogP contribution is 2.28. The first-order valence-electron chi connectivity index (χ1n) is 7.32. The van der Waals surface area contributed by atoms with Crippen LogP contribution in [0, 0.1) is 6.92 Å². The first kappa shape index (κ1) is 15.7. The minimum absolute atomic E-state index is 0.0587. The number of carbonyl (C=O) groups is 1. The van der Waals surface area contributed by atoms with Crippen LogP contribution in [0.2, 0.25) is 0 Å². The van der Waals surface area contributed by atoms with Crippen molar-refractivity contribution in [2.24, 2.45) is 0 Å². The Morgan fingerprint density at radius 3 is 2.79 bits per heavy atom. The number of methoxy groups -OCH3 is 1. The van der Waals surface area contributed by atoms with E-state index in [0.717, 1.165) is 5.56 Å². The molecular formula is C17H17N3O4. The molecule has 124 valence electrons. The van der Waals surface area contributed by atoms with E-state index in [9.17, 15) is 4.79 Å². The fraction of sp³-hybridized carbons (Fsp3) is 0.176. The highest BCUT2D eigenvalue weighted by atomic mass is 16.5. The van der Waals surface area contributed by atoms with Gasteiger partial charge in [0.05, 0.1) is 7.11 Å². The second kappa shape index (κ2) is 6.49. The van der Waals surface area contributed by atoms with Crippen molar-refractivity contribution in [3.05, 3.63) is 53.3 Å². The largest absolute Gasteiger partial charge is 0.496 e. The van der Waals surface area contributed by atoms with Crippen LogP contribution in [0.15, 0.2) is 45.3 Å². The number of carbonyl (C=O) groups excluding carboxylic acids is 1. The molecule has 0 aliphatic heterocycles. The van der Waals surface area contributed by atoms with E-state index in [0.29, 0.717) is 17.3 Å². The van der Waals surface area contributed by atoms with E-state index in [1.165, 1.54) is 0 Å². The number of rotatable bonds is 5. The van der Waals surface area contributed by atoms with Crippen LogP contribution in [0.25, 0.3) is 11.5 Å². The van der Waals surface area contributed by atoms with Crippen molar-refractivity contribution in [3.63, 3.8) is 0 Å². The van der Waals surface area contributed by atoms with E-state index in [4.69, 9.17) is 19.4 Å². The molecule has 0 spiro atoms. The molecule has 24 heavy (non-hydrogen) atoms. The van der Waals surface area contributed by atoms with E-state index >= 15 is 0 Å². The molecule has 2 aromatic heterocycles. The summed E-state index contributed by atoms with van der Waals surface area (Å²) in [5, 5.41) is 6.62. The quantitative estimate of drug-likeness (QED) is 0.747. The monoisotopic (exact) mass is 327 g/mol. The molecule has 1 aromatic carbocycles. The van der Waals surface area contributed by atoms with Crippen LogP contribution < -0.4 is 15.8 Å². The van der Waals surface area contributed by atoms with Gasteiger partial charge < -0.3 is 24.7 Å². The zero-order valence-electron chi connectivity index (χ0n) is 13.3. The van der Waals surface area contributed by atoms with Gasteiger partial charge in [0.1, 0.15) is 17.1 Å². The number of aromatic nitrogens is 1. The van der Waals surface area contributed by atoms with Crippen molar-refractivity contribution >= 4 is 11.8 Å². The molecule has 3 aromatic rings. The smallest absolute Gasteiger partial charge is 0.259 e. The van der Waals surface area contributed by atoms with Gasteiger partial charge in [-0.15, -0.1) is 0 Å². The summed E-state index contributed by atoms with van der Waals surface area (Å²) >= 11 is 0. The fourth-order valence-electron chi connectivity index (χ4n) is 2.37. The molecule has 3 N–H and O–H groups in total. The third kappa shape index (κ3) is 2.96. The van der Waals surface area contributed by atoms with Crippen LogP contribution >= 0.6 is 0 Å². The summed E-state index contributed by atoms with van der Waals surface area (Å²) in [6.07, 6.45) is 0. The number of ether oxygens (including phenoxy) is 1. The summed E-state index contributed by atoms with van der Waals surface area (Å²) in [5.74, 6) is 1.36. The first-order chi connectivity index (χ1) is 11.6. The Hall–Kier alpha value is -3.22. The second-order valence-electron chi connectivity index (χ2n) is 5.18. The topological polar surface area (TPSA) is 104 Å². The third-order valence-corrected chi connectivity index (χ3v) is 3.55. The predicted octanol–water partition coefficient (Wildman–Crippen LogP) is 2.76. The summed E-state index contributed by atoms with van der Waals surface area (Å²) in [6.45, 7) is 2.08. The number of hydrogen-bond acceptors (Lipinski definition) is 6. The van der Waals surface area contributed by atoms with Crippen molar-refractivity contribution in [3.8, 4) is 17.2 Å². The molecule has 2 heterocycles. The highest BCUT2D eigenvalue weighted by Gasteiger charge is 2.24. The Morgan fingerprint density at radius 1 is 1.29 bits per heavy atom. The van der Waals surface area contributed by atoms with Gasteiger partial charge in [-0.2, -0.15) is 0 Å². The van der Waals surface area contributed by atoms with Crippen LogP contribution in [0.4, 0.5) is 5.88 Å². The van der Waals surface area contributed by atoms with Gasteiger partial charge in [-0.05, 0) is 25.1 Å². The number of hydrogen-bond donors (Lipinski definition) is 2. The standard InChI is InChI=1S/C17H17N3O4/c1-10-7-8-13(23-10)15-14(16(18)24-20-15)17(21)19-9-11-5-3-4-6-12(11)22-2/h3-8H,9,18H2,1-2H3,(H,19,21). The first-order valence-corrected chi connectivity index (χ1v) is 7.32. The Morgan fingerprint density at radius 2 is 2.08 bits per heavy atom. The molecule has 0 fully saturated rings. The molecule has 3 rings (SSSR count). The number of para-hydroxylation sites is 1. The van der Waals surface area contributed by atoms with Gasteiger partial charge in [0.15, 0.2) is 11.5 Å². The Kier molecular flexibility index (Phi) is 4.24. The van der Waals surface area contributed by atoms with Gasteiger partial charge in [-0.3, -0.25) is 4.79 Å². The van der Waals surface area contributed by atoms with Crippen molar-refractivity contribution in [2.75, 3.05) is 12.8 Å². The zero-order chi connectivity index (χ0) is 17.1. The number of nitrogens with one attached hydrogen (secondary N) is 1. The Balaban J connectivity index is 1.82. The summed E-state index contributed by atoms with van der Waals surface area (Å²) in [6, 6.07) is 10.9. The highest BCUT2D eigenvalue weighted by molar-refractivity contribution is 6.03. The maximum absolute atomic E-state index is 12.5. The van der Waals surface area contributed by atoms with Crippen molar-refractivity contribution in [1.82, 2.24) is 10.5 Å². The molecule has 0 aliphatic carbocycles. The SMILES string of the molecule is COc1ccccc1CNC(=O)c1c(-c2ccc(C)o2)noc1N. The number of furan rings is 1. The lowest BCUT2D eigenvalue weighted by atomic mass is 10.1. The molecule has 0 saturated carbocycles. The molecule has 0 saturated heterocycles. The second-order valence-corrected chi connectivity index (χ2v) is 5.18. The molecule has 7 nitrogen and oxygen atoms in total. The van der Waals surface area contributed by atoms with Gasteiger partial charge in [0.25, 0.3) is 5.91 Å². The van der Waals surface area contributed by atoms with Gasteiger partial charge in [0.2, 0.25) is 5.88 Å². The van der Waals surface area contributed by atoms with E-state index < -0.39 is 5.91 Å². The van der Waals surface area contributed by atoms with E-state index in [-0.39, 0.29) is 23.7 Å². The number of nitrogen functional groups attached to an aromatic ring is 1. The summed E-state index contributed by atoms with van der Waals surface area (Å²) < 4.78 is 15.7. The van der Waals surface area contributed by atoms with Crippen molar-refractivity contribution in [2.45, 2.75) is 13.5 Å². The molecular weight excluding hydrogens is 310 g/mol. The fourth-order valence-corrected chi connectivity index (χ4v) is 2.37. The Bertz CT molecular complexity index is 866. The third-order valence-electron chi connectivity index (χ3n) is 3.55. The number of nitrogens with two attached hydrogens (primary N) is 1. The van der Waals surface area contributed by atoms with Gasteiger partial charge in [-0.25, -0.2) is 0 Å². The molecule has 1 amide bonds. The average Bonchev–Trinajstić information content (AvgIpc) is 3.18. The lowest BCUT2D eigenvalue weighted by Crippen LogP contribution is -2.24. The van der Waals surface area contributed by atoms with Gasteiger partial charge >= 0.3 is 0 Å². The summed E-state index contributed by atoms with van der Waals surface area (Å²) in [5.41, 5.74) is 7.03. The molecule has 0 atom stereocenters. The summed E-state index contributed by atoms with van der Waals surface area (Å²) in [4.78, 5) is 12.5. The van der Waals surface area contributed by atoms with E-state index in [1.54, 1.807) is 26.2 Å². The maximum Gasteiger partial charge on any atom is 0.259 e. The number of nitrogens with zero attached hydrogens (tertiary/aromatic N) is 1. The molecule has 0 aliphatic rings. The average molecular weight is 327 g/mol. The number of amides is 1. The number of aryl methyl sites for hydroxylation is 1. The molecule has 0 bridgehead atoms. The lowest BCUT2D eigenvalue weighted by molar-refractivity contribution is 0.0951. The van der Waals surface area contributed by atoms with E-state index in [2.05, 4.69) is 10.5 Å². The van der Waals surface area contributed by atoms with Crippen LogP contribution in [-0.4, -0.2) is 18.2 Å². The van der Waals surface area contributed by atoms with Crippen LogP contribution in [0.1, 0.15) is 21.7 Å². The van der Waals surface area contributed by atoms with Gasteiger partial charge in [-0.1, -0.05) is 23.4 Å². The molecule has 0 unspecified atom stereocenters. The van der Waals surface area contributed by atoms with Crippen molar-refractivity contribution < 1.29 is 18.5 Å². The van der Waals surface area contributed by atoms with Crippen LogP contribution in [0.5, 0.6) is 5.75 Å². The summed E-state index contributed by atoms with van der Waals surface area (Å²) in [7, 11) is 1.58. The van der Waals surface area contributed by atoms with Crippen LogP contribution in [-0.2, 0) is 6.54 Å². The number of benzene rings is 1. The predicted molar refractivity (Wildman–Crippen MR) is 87.5 cm³/mol. The Labute approximate surface area is 138 Å². The van der Waals surface area contributed by atoms with Crippen LogP contribution in [0.3, 0.4) is 0 Å². The van der Waals surface area contributed by atoms with Gasteiger partial charge in [0, 0.05) is 12.1 Å². The zero-order valence-corrected chi connectivity index (χ0v) is 13.3. The lowest BCUT2D eigenvalue weighted by Gasteiger charge is -2.09. The molecule has 7 heteroatoms.